The predicted octanol–water partition coefficient (Wildman–Crippen LogP) is 1.43. The van der Waals surface area contributed by atoms with Crippen molar-refractivity contribution in [2.24, 2.45) is 5.92 Å². The first-order valence-corrected chi connectivity index (χ1v) is 6.81. The van der Waals surface area contributed by atoms with Crippen LogP contribution in [0.2, 0.25) is 0 Å². The molecule has 0 N–H and O–H groups in total. The van der Waals surface area contributed by atoms with E-state index in [1.54, 1.807) is 6.07 Å². The third kappa shape index (κ3) is 2.38. The zero-order valence-electron chi connectivity index (χ0n) is 11.1. The molecule has 0 saturated carbocycles. The van der Waals surface area contributed by atoms with Crippen molar-refractivity contribution >= 4 is 11.9 Å². The Morgan fingerprint density at radius 2 is 2.32 bits per heavy atom. The molecule has 1 aliphatic heterocycles. The average molecular weight is 258 g/mol. The molecule has 0 amide bonds. The van der Waals surface area contributed by atoms with Crippen molar-refractivity contribution in [1.29, 1.82) is 0 Å². The highest BCUT2D eigenvalue weighted by molar-refractivity contribution is 5.74. The van der Waals surface area contributed by atoms with Gasteiger partial charge in [-0.2, -0.15) is 0 Å². The van der Waals surface area contributed by atoms with Crippen molar-refractivity contribution in [3.05, 3.63) is 29.7 Å². The van der Waals surface area contributed by atoms with Crippen LogP contribution in [0.25, 0.3) is 5.65 Å². The third-order valence-electron chi connectivity index (χ3n) is 3.92. The van der Waals surface area contributed by atoms with E-state index in [0.29, 0.717) is 11.5 Å². The first kappa shape index (κ1) is 12.3. The number of fused-ring (bicyclic) bond motifs is 1. The minimum absolute atomic E-state index is 0.646. The summed E-state index contributed by atoms with van der Waals surface area (Å²) < 4.78 is 1.94. The number of pyridine rings is 1. The third-order valence-corrected chi connectivity index (χ3v) is 3.92. The Kier molecular flexibility index (Phi) is 3.29. The number of aromatic nitrogens is 3. The van der Waals surface area contributed by atoms with E-state index in [-0.39, 0.29) is 0 Å². The molecule has 100 valence electrons. The minimum Gasteiger partial charge on any atom is -0.303 e. The Balaban J connectivity index is 1.83. The quantitative estimate of drug-likeness (QED) is 0.778. The summed E-state index contributed by atoms with van der Waals surface area (Å²) in [5.41, 5.74) is 1.47. The molecule has 1 fully saturated rings. The van der Waals surface area contributed by atoms with Crippen molar-refractivity contribution in [1.82, 2.24) is 19.5 Å². The van der Waals surface area contributed by atoms with E-state index in [1.807, 2.05) is 16.7 Å². The maximum atomic E-state index is 10.8. The van der Waals surface area contributed by atoms with Gasteiger partial charge in [-0.25, -0.2) is 0 Å². The molecule has 3 heterocycles. The van der Waals surface area contributed by atoms with Crippen molar-refractivity contribution in [3.8, 4) is 0 Å². The SMILES string of the molecule is CCN1CCC(Cc2nnc3ccc(C=O)cn23)C1. The predicted molar refractivity (Wildman–Crippen MR) is 72.3 cm³/mol. The molecule has 3 rings (SSSR count). The van der Waals surface area contributed by atoms with E-state index in [0.717, 1.165) is 37.3 Å². The number of rotatable bonds is 4. The number of hydrogen-bond acceptors (Lipinski definition) is 4. The molecule has 5 heteroatoms. The Morgan fingerprint density at radius 3 is 3.05 bits per heavy atom. The van der Waals surface area contributed by atoms with Crippen LogP contribution in [-0.2, 0) is 6.42 Å². The number of hydrogen-bond donors (Lipinski definition) is 0. The van der Waals surface area contributed by atoms with Crippen LogP contribution in [0, 0.1) is 5.92 Å². The van der Waals surface area contributed by atoms with Crippen LogP contribution in [0.15, 0.2) is 18.3 Å². The van der Waals surface area contributed by atoms with Gasteiger partial charge in [-0.05, 0) is 37.6 Å². The van der Waals surface area contributed by atoms with Crippen LogP contribution in [0.4, 0.5) is 0 Å². The second-order valence-electron chi connectivity index (χ2n) is 5.18. The Labute approximate surface area is 112 Å². The fraction of sp³-hybridized carbons (Fsp3) is 0.500. The van der Waals surface area contributed by atoms with Crippen molar-refractivity contribution in [2.45, 2.75) is 19.8 Å². The van der Waals surface area contributed by atoms with Gasteiger partial charge in [-0.3, -0.25) is 9.20 Å². The fourth-order valence-electron chi connectivity index (χ4n) is 2.79. The van der Waals surface area contributed by atoms with E-state index in [9.17, 15) is 4.79 Å². The van der Waals surface area contributed by atoms with Gasteiger partial charge in [0.15, 0.2) is 11.9 Å². The van der Waals surface area contributed by atoms with Gasteiger partial charge in [-0.1, -0.05) is 6.92 Å². The van der Waals surface area contributed by atoms with Crippen LogP contribution in [-0.4, -0.2) is 45.4 Å². The lowest BCUT2D eigenvalue weighted by atomic mass is 10.0. The Morgan fingerprint density at radius 1 is 1.42 bits per heavy atom. The summed E-state index contributed by atoms with van der Waals surface area (Å²) in [5, 5.41) is 8.42. The van der Waals surface area contributed by atoms with Gasteiger partial charge in [0.2, 0.25) is 0 Å². The Bertz CT molecular complexity index is 592. The van der Waals surface area contributed by atoms with Gasteiger partial charge >= 0.3 is 0 Å². The van der Waals surface area contributed by atoms with Gasteiger partial charge in [0, 0.05) is 24.7 Å². The van der Waals surface area contributed by atoms with Gasteiger partial charge in [0.05, 0.1) is 0 Å². The summed E-state index contributed by atoms with van der Waals surface area (Å²) in [6, 6.07) is 3.61. The lowest BCUT2D eigenvalue weighted by molar-refractivity contribution is 0.112. The maximum Gasteiger partial charge on any atom is 0.160 e. The molecule has 1 unspecified atom stereocenters. The standard InChI is InChI=1S/C14H18N4O/c1-2-17-6-5-11(8-17)7-14-16-15-13-4-3-12(10-19)9-18(13)14/h3-4,9-11H,2,5-8H2,1H3. The largest absolute Gasteiger partial charge is 0.303 e. The van der Waals surface area contributed by atoms with Gasteiger partial charge in [0.1, 0.15) is 5.82 Å². The summed E-state index contributed by atoms with van der Waals surface area (Å²) in [7, 11) is 0. The first-order chi connectivity index (χ1) is 9.30. The highest BCUT2D eigenvalue weighted by Gasteiger charge is 2.23. The normalized spacial score (nSPS) is 20.2. The summed E-state index contributed by atoms with van der Waals surface area (Å²) in [5.74, 6) is 1.61. The molecule has 1 saturated heterocycles. The average Bonchev–Trinajstić information content (AvgIpc) is 3.06. The van der Waals surface area contributed by atoms with E-state index >= 15 is 0 Å². The van der Waals surface area contributed by atoms with Crippen molar-refractivity contribution < 1.29 is 4.79 Å². The molecule has 0 bridgehead atoms. The van der Waals surface area contributed by atoms with E-state index in [1.165, 1.54) is 13.0 Å². The van der Waals surface area contributed by atoms with Crippen LogP contribution >= 0.6 is 0 Å². The maximum absolute atomic E-state index is 10.8. The molecule has 0 spiro atoms. The molecule has 19 heavy (non-hydrogen) atoms. The molecule has 1 aliphatic rings. The molecule has 2 aromatic heterocycles. The zero-order chi connectivity index (χ0) is 13.2. The highest BCUT2D eigenvalue weighted by Crippen LogP contribution is 2.20. The smallest absolute Gasteiger partial charge is 0.160 e. The number of carbonyl (C=O) groups is 1. The topological polar surface area (TPSA) is 50.5 Å². The molecule has 0 aromatic carbocycles. The summed E-state index contributed by atoms with van der Waals surface area (Å²) in [6.07, 6.45) is 4.83. The molecule has 1 atom stereocenters. The summed E-state index contributed by atoms with van der Waals surface area (Å²) in [4.78, 5) is 13.3. The van der Waals surface area contributed by atoms with E-state index in [4.69, 9.17) is 0 Å². The van der Waals surface area contributed by atoms with Crippen molar-refractivity contribution in [2.75, 3.05) is 19.6 Å². The van der Waals surface area contributed by atoms with E-state index in [2.05, 4.69) is 22.0 Å². The van der Waals surface area contributed by atoms with Crippen LogP contribution < -0.4 is 0 Å². The molecule has 0 radical (unpaired) electrons. The zero-order valence-corrected chi connectivity index (χ0v) is 11.1. The number of likely N-dealkylation sites (tertiary alicyclic amines) is 1. The van der Waals surface area contributed by atoms with Gasteiger partial charge < -0.3 is 4.90 Å². The second-order valence-corrected chi connectivity index (χ2v) is 5.18. The lowest BCUT2D eigenvalue weighted by Gasteiger charge is -2.12. The van der Waals surface area contributed by atoms with Crippen LogP contribution in [0.3, 0.4) is 0 Å². The van der Waals surface area contributed by atoms with Gasteiger partial charge in [0.25, 0.3) is 0 Å². The molecule has 5 nitrogen and oxygen atoms in total. The monoisotopic (exact) mass is 258 g/mol. The molecule has 0 aliphatic carbocycles. The summed E-state index contributed by atoms with van der Waals surface area (Å²) in [6.45, 7) is 5.63. The Hall–Kier alpha value is -1.75. The fourth-order valence-corrected chi connectivity index (χ4v) is 2.79. The van der Waals surface area contributed by atoms with Gasteiger partial charge in [-0.15, -0.1) is 10.2 Å². The number of carbonyl (C=O) groups excluding carboxylic acids is 1. The lowest BCUT2D eigenvalue weighted by Crippen LogP contribution is -2.20. The highest BCUT2D eigenvalue weighted by atomic mass is 16.1. The second kappa shape index (κ2) is 5.09. The number of aldehydes is 1. The molecular weight excluding hydrogens is 240 g/mol. The van der Waals surface area contributed by atoms with Crippen LogP contribution in [0.1, 0.15) is 29.5 Å². The molecular formula is C14H18N4O. The molecule has 2 aromatic rings. The minimum atomic E-state index is 0.646. The summed E-state index contributed by atoms with van der Waals surface area (Å²) >= 11 is 0. The van der Waals surface area contributed by atoms with Crippen LogP contribution in [0.5, 0.6) is 0 Å². The van der Waals surface area contributed by atoms with Crippen molar-refractivity contribution in [3.63, 3.8) is 0 Å². The number of nitrogens with zero attached hydrogens (tertiary/aromatic N) is 4. The van der Waals surface area contributed by atoms with E-state index < -0.39 is 0 Å². The first-order valence-electron chi connectivity index (χ1n) is 6.81.